The lowest BCUT2D eigenvalue weighted by Gasteiger charge is -2.36. The van der Waals surface area contributed by atoms with Crippen LogP contribution in [0.4, 0.5) is 0 Å². The van der Waals surface area contributed by atoms with Crippen LogP contribution in [0.1, 0.15) is 66.7 Å². The summed E-state index contributed by atoms with van der Waals surface area (Å²) in [6.07, 6.45) is 11.7. The maximum absolute atomic E-state index is 11.6. The van der Waals surface area contributed by atoms with Crippen LogP contribution < -0.4 is 0 Å². The third kappa shape index (κ3) is 4.71. The Morgan fingerprint density at radius 3 is 2.56 bits per heavy atom. The molecule has 0 aliphatic heterocycles. The van der Waals surface area contributed by atoms with Gasteiger partial charge in [0, 0.05) is 6.92 Å². The van der Waals surface area contributed by atoms with E-state index in [0.717, 1.165) is 49.5 Å². The molecule has 0 saturated heterocycles. The Morgan fingerprint density at radius 2 is 1.96 bits per heavy atom. The van der Waals surface area contributed by atoms with Crippen molar-refractivity contribution >= 4 is 12.3 Å². The largest absolute Gasteiger partial charge is 0.458 e. The number of hydrogen-bond acceptors (Lipinski definition) is 3. The predicted octanol–water partition coefficient (Wildman–Crippen LogP) is 5.17. The van der Waals surface area contributed by atoms with E-state index in [0.29, 0.717) is 11.8 Å². The van der Waals surface area contributed by atoms with Crippen LogP contribution in [-0.4, -0.2) is 18.4 Å². The molecule has 25 heavy (non-hydrogen) atoms. The molecule has 3 nitrogen and oxygen atoms in total. The van der Waals surface area contributed by atoms with Gasteiger partial charge in [-0.2, -0.15) is 0 Å². The quantitative estimate of drug-likeness (QED) is 0.403. The highest BCUT2D eigenvalue weighted by molar-refractivity contribution is 5.73. The number of carbonyl (C=O) groups excluding carboxylic acids is 2. The lowest BCUT2D eigenvalue weighted by atomic mass is 9.69. The summed E-state index contributed by atoms with van der Waals surface area (Å²) in [7, 11) is 0. The number of hydrogen-bond donors (Lipinski definition) is 0. The van der Waals surface area contributed by atoms with Crippen LogP contribution in [0, 0.1) is 17.3 Å². The molecule has 2 rings (SSSR count). The number of esters is 1. The fourth-order valence-corrected chi connectivity index (χ4v) is 4.23. The van der Waals surface area contributed by atoms with E-state index in [4.69, 9.17) is 4.74 Å². The van der Waals surface area contributed by atoms with E-state index in [1.54, 1.807) is 0 Å². The van der Waals surface area contributed by atoms with E-state index < -0.39 is 0 Å². The lowest BCUT2D eigenvalue weighted by molar-refractivity contribution is -0.145. The van der Waals surface area contributed by atoms with Crippen LogP contribution >= 0.6 is 0 Å². The highest BCUT2D eigenvalue weighted by atomic mass is 16.5. The molecule has 0 bridgehead atoms. The second-order valence-electron chi connectivity index (χ2n) is 8.19. The van der Waals surface area contributed by atoms with E-state index >= 15 is 0 Å². The highest BCUT2D eigenvalue weighted by Crippen LogP contribution is 2.51. The Morgan fingerprint density at radius 1 is 1.28 bits per heavy atom. The highest BCUT2D eigenvalue weighted by Gasteiger charge is 2.42. The van der Waals surface area contributed by atoms with Gasteiger partial charge in [-0.15, -0.1) is 0 Å². The van der Waals surface area contributed by atoms with Gasteiger partial charge < -0.3 is 4.74 Å². The molecule has 3 unspecified atom stereocenters. The van der Waals surface area contributed by atoms with Crippen LogP contribution in [0.25, 0.3) is 0 Å². The number of allylic oxidation sites excluding steroid dienone is 5. The average molecular weight is 344 g/mol. The minimum atomic E-state index is -0.228. The molecule has 3 heteroatoms. The summed E-state index contributed by atoms with van der Waals surface area (Å²) in [6, 6.07) is 0. The minimum absolute atomic E-state index is 0.0802. The summed E-state index contributed by atoms with van der Waals surface area (Å²) in [6.45, 7) is 10.3. The number of fused-ring (bicyclic) bond motifs is 1. The van der Waals surface area contributed by atoms with Crippen LogP contribution in [-0.2, 0) is 14.3 Å². The first kappa shape index (κ1) is 19.7. The number of carbonyl (C=O) groups is 2. The summed E-state index contributed by atoms with van der Waals surface area (Å²) in [4.78, 5) is 23.0. The zero-order chi connectivity index (χ0) is 18.6. The van der Waals surface area contributed by atoms with Gasteiger partial charge in [0.2, 0.25) is 0 Å². The molecule has 138 valence electrons. The summed E-state index contributed by atoms with van der Waals surface area (Å²) >= 11 is 0. The van der Waals surface area contributed by atoms with Crippen molar-refractivity contribution in [1.82, 2.24) is 0 Å². The topological polar surface area (TPSA) is 43.4 Å². The molecular weight excluding hydrogens is 312 g/mol. The van der Waals surface area contributed by atoms with E-state index in [1.807, 2.05) is 6.92 Å². The Kier molecular flexibility index (Phi) is 6.42. The SMILES string of the molecule is CC(=O)OC1CC2C(C(C)C)=CCC2(C)CC=C(C=O)CCC=C1C. The molecule has 0 aromatic heterocycles. The van der Waals surface area contributed by atoms with Gasteiger partial charge in [-0.1, -0.05) is 44.6 Å². The van der Waals surface area contributed by atoms with Crippen LogP contribution in [0.2, 0.25) is 0 Å². The minimum Gasteiger partial charge on any atom is -0.458 e. The number of rotatable bonds is 3. The molecule has 0 N–H and O–H groups in total. The molecule has 0 radical (unpaired) electrons. The summed E-state index contributed by atoms with van der Waals surface area (Å²) in [5.41, 5.74) is 3.53. The standard InChI is InChI=1S/C22H32O3/c1-15(2)19-10-12-22(5)11-9-18(14-23)8-6-7-16(3)21(13-20(19)22)25-17(4)24/h7,9-10,14-15,20-21H,6,8,11-13H2,1-5H3. The number of ether oxygens (including phenoxy) is 1. The third-order valence-electron chi connectivity index (χ3n) is 5.86. The molecule has 2 aliphatic rings. The normalized spacial score (nSPS) is 30.6. The van der Waals surface area contributed by atoms with Gasteiger partial charge in [0.15, 0.2) is 0 Å². The van der Waals surface area contributed by atoms with Gasteiger partial charge >= 0.3 is 5.97 Å². The van der Waals surface area contributed by atoms with Gasteiger partial charge in [-0.05, 0) is 67.4 Å². The maximum Gasteiger partial charge on any atom is 0.303 e. The van der Waals surface area contributed by atoms with Crippen molar-refractivity contribution in [2.45, 2.75) is 72.8 Å². The van der Waals surface area contributed by atoms with Gasteiger partial charge in [0.05, 0.1) is 0 Å². The van der Waals surface area contributed by atoms with Gasteiger partial charge in [0.25, 0.3) is 0 Å². The summed E-state index contributed by atoms with van der Waals surface area (Å²) in [5, 5.41) is 0. The maximum atomic E-state index is 11.6. The second-order valence-corrected chi connectivity index (χ2v) is 8.19. The second kappa shape index (κ2) is 8.16. The van der Waals surface area contributed by atoms with Crippen molar-refractivity contribution < 1.29 is 14.3 Å². The van der Waals surface area contributed by atoms with Crippen molar-refractivity contribution in [2.75, 3.05) is 0 Å². The Hall–Kier alpha value is -1.64. The van der Waals surface area contributed by atoms with Crippen molar-refractivity contribution in [2.24, 2.45) is 17.3 Å². The monoisotopic (exact) mass is 344 g/mol. The van der Waals surface area contributed by atoms with Gasteiger partial charge in [0.1, 0.15) is 12.4 Å². The van der Waals surface area contributed by atoms with Crippen LogP contribution in [0.5, 0.6) is 0 Å². The van der Waals surface area contributed by atoms with E-state index in [2.05, 4.69) is 39.0 Å². The zero-order valence-electron chi connectivity index (χ0n) is 16.3. The molecule has 3 atom stereocenters. The molecular formula is C22H32O3. The first-order chi connectivity index (χ1) is 11.8. The van der Waals surface area contributed by atoms with Crippen LogP contribution in [0.3, 0.4) is 0 Å². The van der Waals surface area contributed by atoms with Gasteiger partial charge in [-0.25, -0.2) is 0 Å². The van der Waals surface area contributed by atoms with Crippen molar-refractivity contribution in [3.63, 3.8) is 0 Å². The lowest BCUT2D eigenvalue weighted by Crippen LogP contribution is -2.31. The van der Waals surface area contributed by atoms with Crippen molar-refractivity contribution in [1.29, 1.82) is 0 Å². The molecule has 0 spiro atoms. The molecule has 2 aliphatic carbocycles. The molecule has 0 aromatic carbocycles. The molecule has 0 heterocycles. The Labute approximate surface area is 152 Å². The molecule has 0 amide bonds. The first-order valence-electron chi connectivity index (χ1n) is 9.45. The van der Waals surface area contributed by atoms with Crippen LogP contribution in [0.15, 0.2) is 34.9 Å². The Bertz CT molecular complexity index is 609. The van der Waals surface area contributed by atoms with Crippen molar-refractivity contribution in [3.05, 3.63) is 34.9 Å². The van der Waals surface area contributed by atoms with E-state index in [-0.39, 0.29) is 17.5 Å². The molecule has 0 aromatic rings. The summed E-state index contributed by atoms with van der Waals surface area (Å²) in [5.74, 6) is 0.616. The summed E-state index contributed by atoms with van der Waals surface area (Å²) < 4.78 is 5.69. The van der Waals surface area contributed by atoms with Gasteiger partial charge in [-0.3, -0.25) is 9.59 Å². The van der Waals surface area contributed by atoms with E-state index in [1.165, 1.54) is 12.5 Å². The number of aldehydes is 1. The first-order valence-corrected chi connectivity index (χ1v) is 9.45. The fourth-order valence-electron chi connectivity index (χ4n) is 4.23. The fraction of sp³-hybridized carbons (Fsp3) is 0.636. The molecule has 0 saturated carbocycles. The van der Waals surface area contributed by atoms with E-state index in [9.17, 15) is 9.59 Å². The smallest absolute Gasteiger partial charge is 0.303 e. The predicted molar refractivity (Wildman–Crippen MR) is 101 cm³/mol. The third-order valence-corrected chi connectivity index (χ3v) is 5.86. The molecule has 0 fully saturated rings. The Balaban J connectivity index is 2.42. The zero-order valence-corrected chi connectivity index (χ0v) is 16.3. The van der Waals surface area contributed by atoms with Crippen molar-refractivity contribution in [3.8, 4) is 0 Å². The average Bonchev–Trinajstić information content (AvgIpc) is 2.85.